The second kappa shape index (κ2) is 10.2. The summed E-state index contributed by atoms with van der Waals surface area (Å²) >= 11 is 6.05. The predicted octanol–water partition coefficient (Wildman–Crippen LogP) is 4.87. The van der Waals surface area contributed by atoms with E-state index in [1.54, 1.807) is 54.7 Å². The van der Waals surface area contributed by atoms with Crippen molar-refractivity contribution in [2.75, 3.05) is 29.3 Å². The molecular weight excluding hydrogens is 496 g/mol. The van der Waals surface area contributed by atoms with Crippen LogP contribution in [0, 0.1) is 0 Å². The maximum Gasteiger partial charge on any atom is 0.264 e. The van der Waals surface area contributed by atoms with Gasteiger partial charge in [0.1, 0.15) is 0 Å². The van der Waals surface area contributed by atoms with Crippen LogP contribution in [0.3, 0.4) is 0 Å². The molecule has 1 aromatic heterocycles. The Morgan fingerprint density at radius 1 is 1.00 bits per heavy atom. The molecule has 1 amide bonds. The molecule has 7 nitrogen and oxygen atoms in total. The van der Waals surface area contributed by atoms with Gasteiger partial charge in [-0.25, -0.2) is 8.42 Å². The minimum absolute atomic E-state index is 0.175. The van der Waals surface area contributed by atoms with E-state index in [2.05, 4.69) is 15.6 Å². The van der Waals surface area contributed by atoms with Crippen molar-refractivity contribution in [3.05, 3.63) is 95.1 Å². The molecule has 4 aromatic rings. The number of rotatable bonds is 8. The van der Waals surface area contributed by atoms with Gasteiger partial charge in [0.2, 0.25) is 0 Å². The topological polar surface area (TPSA) is 91.4 Å². The lowest BCUT2D eigenvalue weighted by molar-refractivity contribution is 0.0953. The molecule has 0 atom stereocenters. The Morgan fingerprint density at radius 2 is 1.83 bits per heavy atom. The van der Waals surface area contributed by atoms with Crippen LogP contribution in [0.2, 0.25) is 5.02 Å². The first-order chi connectivity index (χ1) is 17.4. The molecule has 0 radical (unpaired) electrons. The number of benzene rings is 3. The highest BCUT2D eigenvalue weighted by molar-refractivity contribution is 7.92. The fraction of sp³-hybridized carbons (Fsp3) is 0.185. The third kappa shape index (κ3) is 4.87. The van der Waals surface area contributed by atoms with E-state index in [1.807, 2.05) is 24.3 Å². The van der Waals surface area contributed by atoms with E-state index < -0.39 is 10.0 Å². The lowest BCUT2D eigenvalue weighted by atomic mass is 10.1. The summed E-state index contributed by atoms with van der Waals surface area (Å²) in [6.45, 7) is 1.55. The number of amides is 1. The Morgan fingerprint density at radius 3 is 2.67 bits per heavy atom. The number of hydrogen-bond donors (Lipinski definition) is 2. The van der Waals surface area contributed by atoms with Gasteiger partial charge in [-0.1, -0.05) is 29.8 Å². The van der Waals surface area contributed by atoms with E-state index in [4.69, 9.17) is 11.6 Å². The largest absolute Gasteiger partial charge is 0.384 e. The number of sulfonamides is 1. The second-order valence-electron chi connectivity index (χ2n) is 8.54. The standard InChI is InChI=1S/C27H25ClN4O3S/c28-21-8-9-23-24(11-15-30-25(23)18-21)29-13-4-14-31-27(33)20-7-10-26-19(17-20)12-16-32(26)36(34,35)22-5-2-1-3-6-22/h1-3,5-11,15,17-18H,4,12-14,16H2,(H,29,30)(H,31,33). The van der Waals surface area contributed by atoms with Crippen molar-refractivity contribution < 1.29 is 13.2 Å². The predicted molar refractivity (Wildman–Crippen MR) is 143 cm³/mol. The van der Waals surface area contributed by atoms with Crippen molar-refractivity contribution in [1.29, 1.82) is 0 Å². The number of hydrogen-bond acceptors (Lipinski definition) is 5. The van der Waals surface area contributed by atoms with Gasteiger partial charge in [-0.15, -0.1) is 0 Å². The Hall–Kier alpha value is -3.62. The molecule has 1 aliphatic rings. The number of anilines is 2. The van der Waals surface area contributed by atoms with Crippen LogP contribution in [0.15, 0.2) is 83.9 Å². The number of carbonyl (C=O) groups is 1. The molecule has 5 rings (SSSR count). The summed E-state index contributed by atoms with van der Waals surface area (Å²) in [5, 5.41) is 7.98. The van der Waals surface area contributed by atoms with Gasteiger partial charge >= 0.3 is 0 Å². The van der Waals surface area contributed by atoms with Gasteiger partial charge in [0, 0.05) is 47.5 Å². The molecule has 0 saturated carbocycles. The molecule has 9 heteroatoms. The first-order valence-electron chi connectivity index (χ1n) is 11.7. The number of nitrogens with one attached hydrogen (secondary N) is 2. The van der Waals surface area contributed by atoms with Gasteiger partial charge in [0.15, 0.2) is 0 Å². The lowest BCUT2D eigenvalue weighted by Crippen LogP contribution is -2.29. The van der Waals surface area contributed by atoms with Crippen LogP contribution in [0.5, 0.6) is 0 Å². The molecule has 2 N–H and O–H groups in total. The van der Waals surface area contributed by atoms with E-state index in [1.165, 1.54) is 4.31 Å². The van der Waals surface area contributed by atoms with Gasteiger partial charge < -0.3 is 10.6 Å². The van der Waals surface area contributed by atoms with E-state index >= 15 is 0 Å². The molecule has 0 fully saturated rings. The van der Waals surface area contributed by atoms with Crippen LogP contribution >= 0.6 is 11.6 Å². The zero-order valence-corrected chi connectivity index (χ0v) is 21.0. The van der Waals surface area contributed by atoms with Gasteiger partial charge in [-0.3, -0.25) is 14.1 Å². The second-order valence-corrected chi connectivity index (χ2v) is 10.8. The number of nitrogens with zero attached hydrogens (tertiary/aromatic N) is 2. The summed E-state index contributed by atoms with van der Waals surface area (Å²) in [6, 6.07) is 21.1. The molecule has 1 aliphatic heterocycles. The molecule has 0 unspecified atom stereocenters. The average Bonchev–Trinajstić information content (AvgIpc) is 3.33. The van der Waals surface area contributed by atoms with Crippen LogP contribution < -0.4 is 14.9 Å². The normalized spacial score (nSPS) is 13.0. The van der Waals surface area contributed by atoms with E-state index in [0.717, 1.165) is 28.6 Å². The molecule has 0 saturated heterocycles. The summed E-state index contributed by atoms with van der Waals surface area (Å²) < 4.78 is 27.5. The summed E-state index contributed by atoms with van der Waals surface area (Å²) in [5.74, 6) is -0.175. The molecule has 0 bridgehead atoms. The summed E-state index contributed by atoms with van der Waals surface area (Å²) in [6.07, 6.45) is 3.04. The van der Waals surface area contributed by atoms with Gasteiger partial charge in [0.05, 0.1) is 16.1 Å². The Labute approximate surface area is 215 Å². The number of halogens is 1. The number of fused-ring (bicyclic) bond motifs is 2. The van der Waals surface area contributed by atoms with Gasteiger partial charge in [0.25, 0.3) is 15.9 Å². The van der Waals surface area contributed by atoms with Crippen molar-refractivity contribution in [2.24, 2.45) is 0 Å². The van der Waals surface area contributed by atoms with Crippen LogP contribution in [0.4, 0.5) is 11.4 Å². The van der Waals surface area contributed by atoms with Crippen molar-refractivity contribution >= 4 is 49.8 Å². The maximum atomic E-state index is 13.0. The minimum atomic E-state index is -3.63. The van der Waals surface area contributed by atoms with Crippen molar-refractivity contribution in [3.63, 3.8) is 0 Å². The molecule has 3 aromatic carbocycles. The number of carbonyl (C=O) groups excluding carboxylic acids is 1. The van der Waals surface area contributed by atoms with Crippen molar-refractivity contribution in [3.8, 4) is 0 Å². The third-order valence-electron chi connectivity index (χ3n) is 6.19. The lowest BCUT2D eigenvalue weighted by Gasteiger charge is -2.19. The highest BCUT2D eigenvalue weighted by Crippen LogP contribution is 2.33. The monoisotopic (exact) mass is 520 g/mol. The highest BCUT2D eigenvalue weighted by atomic mass is 35.5. The minimum Gasteiger partial charge on any atom is -0.384 e. The van der Waals surface area contributed by atoms with Gasteiger partial charge in [-0.05, 0) is 73.0 Å². The zero-order chi connectivity index (χ0) is 25.1. The van der Waals surface area contributed by atoms with E-state index in [-0.39, 0.29) is 10.8 Å². The first kappa shape index (κ1) is 24.1. The average molecular weight is 521 g/mol. The SMILES string of the molecule is O=C(NCCCNc1ccnc2cc(Cl)ccc12)c1ccc2c(c1)CCN2S(=O)(=O)c1ccccc1. The van der Waals surface area contributed by atoms with Crippen LogP contribution in [-0.2, 0) is 16.4 Å². The number of aromatic nitrogens is 1. The number of pyridine rings is 1. The fourth-order valence-corrected chi connectivity index (χ4v) is 6.06. The quantitative estimate of drug-likeness (QED) is 0.323. The Kier molecular flexibility index (Phi) is 6.80. The van der Waals surface area contributed by atoms with Crippen LogP contribution in [-0.4, -0.2) is 38.9 Å². The molecule has 0 aliphatic carbocycles. The van der Waals surface area contributed by atoms with Gasteiger partial charge in [-0.2, -0.15) is 0 Å². The highest BCUT2D eigenvalue weighted by Gasteiger charge is 2.31. The first-order valence-corrected chi connectivity index (χ1v) is 13.5. The smallest absolute Gasteiger partial charge is 0.264 e. The van der Waals surface area contributed by atoms with Crippen molar-refractivity contribution in [2.45, 2.75) is 17.7 Å². The summed E-state index contributed by atoms with van der Waals surface area (Å²) in [7, 11) is -3.63. The zero-order valence-electron chi connectivity index (χ0n) is 19.4. The molecule has 0 spiro atoms. The Balaban J connectivity index is 1.17. The summed E-state index contributed by atoms with van der Waals surface area (Å²) in [5.41, 5.74) is 3.81. The molecular formula is C27H25ClN4O3S. The molecule has 36 heavy (non-hydrogen) atoms. The molecule has 184 valence electrons. The van der Waals surface area contributed by atoms with Crippen LogP contribution in [0.25, 0.3) is 10.9 Å². The van der Waals surface area contributed by atoms with E-state index in [0.29, 0.717) is 42.3 Å². The maximum absolute atomic E-state index is 13.0. The fourth-order valence-electron chi connectivity index (χ4n) is 4.37. The van der Waals surface area contributed by atoms with Crippen molar-refractivity contribution in [1.82, 2.24) is 10.3 Å². The third-order valence-corrected chi connectivity index (χ3v) is 8.25. The molecule has 2 heterocycles. The van der Waals surface area contributed by atoms with E-state index in [9.17, 15) is 13.2 Å². The van der Waals surface area contributed by atoms with Crippen LogP contribution in [0.1, 0.15) is 22.3 Å². The summed E-state index contributed by atoms with van der Waals surface area (Å²) in [4.78, 5) is 17.3. The Bertz CT molecular complexity index is 1530.